The van der Waals surface area contributed by atoms with Crippen LogP contribution in [-0.2, 0) is 0 Å². The molecule has 112 valence electrons. The maximum absolute atomic E-state index is 4.55. The topological polar surface area (TPSA) is 98.9 Å². The van der Waals surface area contributed by atoms with Crippen LogP contribution in [0.5, 0.6) is 0 Å². The van der Waals surface area contributed by atoms with Crippen LogP contribution in [0, 0.1) is 23.7 Å². The highest BCUT2D eigenvalue weighted by Crippen LogP contribution is 2.79. The van der Waals surface area contributed by atoms with Crippen molar-refractivity contribution >= 4 is 0 Å². The molecule has 4 spiro atoms. The van der Waals surface area contributed by atoms with E-state index in [2.05, 4.69) is 40.9 Å². The van der Waals surface area contributed by atoms with Crippen LogP contribution in [-0.4, -0.2) is 22.7 Å². The second kappa shape index (κ2) is 2.80. The maximum atomic E-state index is 4.55. The van der Waals surface area contributed by atoms with E-state index in [1.165, 1.54) is 32.1 Å². The summed E-state index contributed by atoms with van der Waals surface area (Å²) in [5.41, 5.74) is -2.35. The maximum Gasteiger partial charge on any atom is 0.291 e. The molecule has 4 atom stereocenters. The Morgan fingerprint density at radius 2 is 1.23 bits per heavy atom. The standard InChI is InChI=1S/C14H16N8/c1-2-4-8-7(3-1)5-6-9-10(8)12(17-18-12)14(21-22-14)13(19-20-13)11(9)15-16-11/h7-10H,1-6H2. The van der Waals surface area contributed by atoms with E-state index in [-0.39, 0.29) is 0 Å². The first kappa shape index (κ1) is 11.0. The van der Waals surface area contributed by atoms with Gasteiger partial charge in [0.2, 0.25) is 11.3 Å². The second-order valence-corrected chi connectivity index (χ2v) is 8.01. The van der Waals surface area contributed by atoms with Gasteiger partial charge in [-0.2, -0.15) is 20.5 Å². The lowest BCUT2D eigenvalue weighted by Gasteiger charge is -2.53. The Morgan fingerprint density at radius 3 is 1.86 bits per heavy atom. The van der Waals surface area contributed by atoms with E-state index >= 15 is 0 Å². The minimum absolute atomic E-state index is 0.369. The minimum Gasteiger partial charge on any atom is -0.153 e. The zero-order valence-corrected chi connectivity index (χ0v) is 12.1. The quantitative estimate of drug-likeness (QED) is 0.653. The van der Waals surface area contributed by atoms with Gasteiger partial charge in [0, 0.05) is 11.8 Å². The molecule has 0 aromatic carbocycles. The highest BCUT2D eigenvalue weighted by Gasteiger charge is 2.97. The number of nitrogens with zero attached hydrogens (tertiary/aromatic N) is 8. The molecule has 7 aliphatic rings. The molecule has 0 aromatic rings. The largest absolute Gasteiger partial charge is 0.291 e. The van der Waals surface area contributed by atoms with E-state index in [0.29, 0.717) is 17.8 Å². The number of rotatable bonds is 0. The molecule has 0 amide bonds. The molecule has 4 aliphatic heterocycles. The average molecular weight is 296 g/mol. The summed E-state index contributed by atoms with van der Waals surface area (Å²) < 4.78 is 0. The van der Waals surface area contributed by atoms with Gasteiger partial charge in [0.15, 0.2) is 0 Å². The van der Waals surface area contributed by atoms with Crippen LogP contribution in [0.25, 0.3) is 0 Å². The summed E-state index contributed by atoms with van der Waals surface area (Å²) in [6.45, 7) is 0. The molecule has 22 heavy (non-hydrogen) atoms. The van der Waals surface area contributed by atoms with Gasteiger partial charge in [-0.3, -0.25) is 0 Å². The Bertz CT molecular complexity index is 711. The van der Waals surface area contributed by atoms with Crippen LogP contribution in [0.4, 0.5) is 0 Å². The van der Waals surface area contributed by atoms with Crippen LogP contribution in [0.1, 0.15) is 38.5 Å². The molecular formula is C14H16N8. The van der Waals surface area contributed by atoms with Crippen molar-refractivity contribution in [3.63, 3.8) is 0 Å². The molecule has 0 radical (unpaired) electrons. The van der Waals surface area contributed by atoms with Gasteiger partial charge in [-0.05, 0) is 31.1 Å². The Hall–Kier alpha value is -1.60. The summed E-state index contributed by atoms with van der Waals surface area (Å²) in [5.74, 6) is 2.23. The lowest BCUT2D eigenvalue weighted by molar-refractivity contribution is -0.0575. The molecule has 8 heteroatoms. The second-order valence-electron chi connectivity index (χ2n) is 8.01. The van der Waals surface area contributed by atoms with Crippen LogP contribution >= 0.6 is 0 Å². The molecule has 8 nitrogen and oxygen atoms in total. The summed E-state index contributed by atoms with van der Waals surface area (Å²) in [5, 5.41) is 35.7. The zero-order chi connectivity index (χ0) is 14.2. The van der Waals surface area contributed by atoms with Gasteiger partial charge in [0.1, 0.15) is 0 Å². The molecule has 3 fully saturated rings. The first-order valence-electron chi connectivity index (χ1n) is 8.55. The normalized spacial score (nSPS) is 49.5. The first-order valence-corrected chi connectivity index (χ1v) is 8.55. The monoisotopic (exact) mass is 296 g/mol. The molecule has 0 saturated heterocycles. The highest BCUT2D eigenvalue weighted by molar-refractivity contribution is 5.45. The smallest absolute Gasteiger partial charge is 0.153 e. The Balaban J connectivity index is 1.41. The highest BCUT2D eigenvalue weighted by atomic mass is 15.7. The fourth-order valence-electron chi connectivity index (χ4n) is 6.32. The molecule has 3 aliphatic carbocycles. The number of hydrogen-bond acceptors (Lipinski definition) is 8. The molecule has 4 unspecified atom stereocenters. The summed E-state index contributed by atoms with van der Waals surface area (Å²) in [4.78, 5) is 0. The fraction of sp³-hybridized carbons (Fsp3) is 1.00. The fourth-order valence-corrected chi connectivity index (χ4v) is 6.32. The summed E-state index contributed by atoms with van der Waals surface area (Å²) in [6.07, 6.45) is 7.76. The third kappa shape index (κ3) is 0.841. The van der Waals surface area contributed by atoms with Gasteiger partial charge in [-0.15, -0.1) is 20.5 Å². The minimum atomic E-state index is -0.690. The Kier molecular flexibility index (Phi) is 1.40. The number of fused-ring (bicyclic) bond motifs is 8. The van der Waals surface area contributed by atoms with Crippen molar-refractivity contribution in [1.29, 1.82) is 0 Å². The van der Waals surface area contributed by atoms with Gasteiger partial charge in [-0.25, -0.2) is 0 Å². The van der Waals surface area contributed by atoms with E-state index in [1.54, 1.807) is 0 Å². The molecule has 0 aromatic heterocycles. The van der Waals surface area contributed by atoms with E-state index in [9.17, 15) is 0 Å². The molecular weight excluding hydrogens is 280 g/mol. The van der Waals surface area contributed by atoms with Crippen LogP contribution in [0.3, 0.4) is 0 Å². The zero-order valence-electron chi connectivity index (χ0n) is 12.1. The third-order valence-corrected chi connectivity index (χ3v) is 7.44. The van der Waals surface area contributed by atoms with E-state index < -0.39 is 22.7 Å². The first-order chi connectivity index (χ1) is 10.8. The summed E-state index contributed by atoms with van der Waals surface area (Å²) in [7, 11) is 0. The van der Waals surface area contributed by atoms with Crippen molar-refractivity contribution < 1.29 is 0 Å². The van der Waals surface area contributed by atoms with Crippen molar-refractivity contribution in [3.05, 3.63) is 0 Å². The van der Waals surface area contributed by atoms with Gasteiger partial charge in [0.05, 0.1) is 0 Å². The van der Waals surface area contributed by atoms with Gasteiger partial charge >= 0.3 is 0 Å². The van der Waals surface area contributed by atoms with E-state index in [0.717, 1.165) is 12.3 Å². The van der Waals surface area contributed by atoms with Crippen LogP contribution in [0.15, 0.2) is 40.9 Å². The van der Waals surface area contributed by atoms with Gasteiger partial charge < -0.3 is 0 Å². The molecule has 3 saturated carbocycles. The predicted molar refractivity (Wildman–Crippen MR) is 72.0 cm³/mol. The summed E-state index contributed by atoms with van der Waals surface area (Å²) >= 11 is 0. The lowest BCUT2D eigenvalue weighted by atomic mass is 9.49. The lowest BCUT2D eigenvalue weighted by Crippen LogP contribution is -2.70. The van der Waals surface area contributed by atoms with Gasteiger partial charge in [0.25, 0.3) is 11.3 Å². The Morgan fingerprint density at radius 1 is 0.591 bits per heavy atom. The molecule has 4 heterocycles. The van der Waals surface area contributed by atoms with Crippen molar-refractivity contribution in [2.45, 2.75) is 61.2 Å². The third-order valence-electron chi connectivity index (χ3n) is 7.44. The van der Waals surface area contributed by atoms with Crippen molar-refractivity contribution in [2.75, 3.05) is 0 Å². The van der Waals surface area contributed by atoms with E-state index in [1.807, 2.05) is 0 Å². The SMILES string of the molecule is C1CCC2C(C1)CCC1C2C2(N=N2)C2(N=N2)C2(N=N2)C12N=N2. The summed E-state index contributed by atoms with van der Waals surface area (Å²) in [6, 6.07) is 0. The van der Waals surface area contributed by atoms with Crippen molar-refractivity contribution in [2.24, 2.45) is 64.6 Å². The molecule has 0 N–H and O–H groups in total. The van der Waals surface area contributed by atoms with Crippen LogP contribution < -0.4 is 0 Å². The van der Waals surface area contributed by atoms with Crippen LogP contribution in [0.2, 0.25) is 0 Å². The van der Waals surface area contributed by atoms with Crippen molar-refractivity contribution in [1.82, 2.24) is 0 Å². The Labute approximate surface area is 126 Å². The molecule has 7 rings (SSSR count). The van der Waals surface area contributed by atoms with E-state index in [4.69, 9.17) is 0 Å². The molecule has 0 bridgehead atoms. The average Bonchev–Trinajstić information content (AvgIpc) is 3.39. The van der Waals surface area contributed by atoms with Crippen molar-refractivity contribution in [3.8, 4) is 0 Å². The van der Waals surface area contributed by atoms with Gasteiger partial charge in [-0.1, -0.05) is 19.3 Å². The number of hydrogen-bond donors (Lipinski definition) is 0. The predicted octanol–water partition coefficient (Wildman–Crippen LogP) is 3.48.